The van der Waals surface area contributed by atoms with Crippen LogP contribution in [0.1, 0.15) is 30.1 Å². The minimum atomic E-state index is -0.864. The summed E-state index contributed by atoms with van der Waals surface area (Å²) in [5.41, 5.74) is 1.15. The minimum Gasteiger partial charge on any atom is -0.394 e. The van der Waals surface area contributed by atoms with E-state index in [1.807, 2.05) is 30.3 Å². The molecule has 2 rings (SSSR count). The van der Waals surface area contributed by atoms with Gasteiger partial charge in [-0.3, -0.25) is 0 Å². The maximum atomic E-state index is 13.7. The topological polar surface area (TPSA) is 32.3 Å². The van der Waals surface area contributed by atoms with Gasteiger partial charge in [-0.25, -0.2) is 8.78 Å². The third-order valence-electron chi connectivity index (χ3n) is 3.28. The lowest BCUT2D eigenvalue weighted by molar-refractivity contribution is 0.234. The summed E-state index contributed by atoms with van der Waals surface area (Å²) in [7, 11) is 0. The van der Waals surface area contributed by atoms with Crippen LogP contribution >= 0.6 is 0 Å². The van der Waals surface area contributed by atoms with E-state index in [9.17, 15) is 13.9 Å². The van der Waals surface area contributed by atoms with Gasteiger partial charge in [0.2, 0.25) is 0 Å². The van der Waals surface area contributed by atoms with Gasteiger partial charge in [0.25, 0.3) is 0 Å². The molecule has 106 valence electrons. The zero-order chi connectivity index (χ0) is 14.5. The van der Waals surface area contributed by atoms with E-state index >= 15 is 0 Å². The lowest BCUT2D eigenvalue weighted by Crippen LogP contribution is -2.28. The molecule has 20 heavy (non-hydrogen) atoms. The molecule has 2 aromatic rings. The first-order valence-electron chi connectivity index (χ1n) is 6.49. The number of aliphatic hydroxyl groups is 1. The third kappa shape index (κ3) is 3.21. The molecule has 4 heteroatoms. The lowest BCUT2D eigenvalue weighted by Gasteiger charge is -2.22. The van der Waals surface area contributed by atoms with Gasteiger partial charge in [-0.05, 0) is 18.6 Å². The van der Waals surface area contributed by atoms with Gasteiger partial charge in [0.1, 0.15) is 0 Å². The first-order valence-corrected chi connectivity index (χ1v) is 6.49. The van der Waals surface area contributed by atoms with Gasteiger partial charge in [0.15, 0.2) is 11.6 Å². The second kappa shape index (κ2) is 6.59. The fraction of sp³-hybridized carbons (Fsp3) is 0.250. The Labute approximate surface area is 117 Å². The molecule has 0 aliphatic heterocycles. The molecule has 0 amide bonds. The molecular weight excluding hydrogens is 260 g/mol. The van der Waals surface area contributed by atoms with Crippen LogP contribution < -0.4 is 5.32 Å². The number of hydrogen-bond donors (Lipinski definition) is 2. The number of aliphatic hydroxyl groups excluding tert-OH is 1. The first kappa shape index (κ1) is 14.6. The smallest absolute Gasteiger partial charge is 0.163 e. The second-order valence-electron chi connectivity index (χ2n) is 4.68. The highest BCUT2D eigenvalue weighted by Crippen LogP contribution is 2.22. The summed E-state index contributed by atoms with van der Waals surface area (Å²) in [6, 6.07) is 12.7. The molecule has 2 unspecified atom stereocenters. The van der Waals surface area contributed by atoms with Gasteiger partial charge in [-0.15, -0.1) is 0 Å². The third-order valence-corrected chi connectivity index (χ3v) is 3.28. The van der Waals surface area contributed by atoms with Crippen molar-refractivity contribution < 1.29 is 13.9 Å². The average Bonchev–Trinajstić information content (AvgIpc) is 2.48. The maximum Gasteiger partial charge on any atom is 0.163 e. The molecule has 2 aromatic carbocycles. The van der Waals surface area contributed by atoms with Crippen molar-refractivity contribution in [3.8, 4) is 0 Å². The Kier molecular flexibility index (Phi) is 4.82. The van der Waals surface area contributed by atoms with Crippen molar-refractivity contribution in [3.05, 3.63) is 71.3 Å². The van der Waals surface area contributed by atoms with Crippen LogP contribution in [0.2, 0.25) is 0 Å². The molecule has 2 nitrogen and oxygen atoms in total. The molecule has 0 saturated heterocycles. The second-order valence-corrected chi connectivity index (χ2v) is 4.68. The molecule has 0 saturated carbocycles. The lowest BCUT2D eigenvalue weighted by atomic mass is 10.0. The predicted molar refractivity (Wildman–Crippen MR) is 74.2 cm³/mol. The Balaban J connectivity index is 2.17. The van der Waals surface area contributed by atoms with Crippen molar-refractivity contribution in [1.29, 1.82) is 0 Å². The highest BCUT2D eigenvalue weighted by Gasteiger charge is 2.18. The summed E-state index contributed by atoms with van der Waals surface area (Å²) in [4.78, 5) is 0. The molecule has 0 heterocycles. The molecule has 0 aliphatic carbocycles. The summed E-state index contributed by atoms with van der Waals surface area (Å²) >= 11 is 0. The number of halogens is 2. The quantitative estimate of drug-likeness (QED) is 0.878. The van der Waals surface area contributed by atoms with Crippen LogP contribution in [-0.2, 0) is 0 Å². The average molecular weight is 277 g/mol. The van der Waals surface area contributed by atoms with E-state index in [2.05, 4.69) is 5.32 Å². The van der Waals surface area contributed by atoms with Gasteiger partial charge < -0.3 is 10.4 Å². The predicted octanol–water partition coefficient (Wildman–Crippen LogP) is 3.35. The van der Waals surface area contributed by atoms with Crippen LogP contribution in [0.5, 0.6) is 0 Å². The van der Waals surface area contributed by atoms with E-state index in [0.29, 0.717) is 0 Å². The summed E-state index contributed by atoms with van der Waals surface area (Å²) < 4.78 is 27.0. The SMILES string of the molecule is CC(NC(CO)c1ccccc1)c1cccc(F)c1F. The van der Waals surface area contributed by atoms with Crippen molar-refractivity contribution in [2.75, 3.05) is 6.61 Å². The van der Waals surface area contributed by atoms with Crippen molar-refractivity contribution in [2.45, 2.75) is 19.0 Å². The van der Waals surface area contributed by atoms with Crippen molar-refractivity contribution in [2.24, 2.45) is 0 Å². The van der Waals surface area contributed by atoms with E-state index in [0.717, 1.165) is 11.6 Å². The first-order chi connectivity index (χ1) is 9.63. The van der Waals surface area contributed by atoms with E-state index in [1.165, 1.54) is 12.1 Å². The van der Waals surface area contributed by atoms with Crippen LogP contribution in [0.25, 0.3) is 0 Å². The Hall–Kier alpha value is -1.78. The van der Waals surface area contributed by atoms with Crippen LogP contribution in [0, 0.1) is 11.6 Å². The Morgan fingerprint density at radius 2 is 1.75 bits per heavy atom. The highest BCUT2D eigenvalue weighted by atomic mass is 19.2. The molecule has 0 aromatic heterocycles. The zero-order valence-corrected chi connectivity index (χ0v) is 11.2. The molecule has 0 spiro atoms. The van der Waals surface area contributed by atoms with Gasteiger partial charge in [0.05, 0.1) is 12.6 Å². The van der Waals surface area contributed by atoms with Gasteiger partial charge in [-0.2, -0.15) is 0 Å². The van der Waals surface area contributed by atoms with Gasteiger partial charge in [-0.1, -0.05) is 42.5 Å². The summed E-state index contributed by atoms with van der Waals surface area (Å²) in [5, 5.41) is 12.6. The monoisotopic (exact) mass is 277 g/mol. The summed E-state index contributed by atoms with van der Waals surface area (Å²) in [5.74, 6) is -1.71. The maximum absolute atomic E-state index is 13.7. The van der Waals surface area contributed by atoms with E-state index in [4.69, 9.17) is 0 Å². The van der Waals surface area contributed by atoms with E-state index in [1.54, 1.807) is 6.92 Å². The number of rotatable bonds is 5. The van der Waals surface area contributed by atoms with Crippen LogP contribution in [0.4, 0.5) is 8.78 Å². The molecule has 2 N–H and O–H groups in total. The summed E-state index contributed by atoms with van der Waals surface area (Å²) in [6.45, 7) is 1.62. The van der Waals surface area contributed by atoms with Crippen LogP contribution in [0.3, 0.4) is 0 Å². The fourth-order valence-electron chi connectivity index (χ4n) is 2.19. The van der Waals surface area contributed by atoms with Crippen LogP contribution in [-0.4, -0.2) is 11.7 Å². The Bertz CT molecular complexity index is 560. The minimum absolute atomic E-state index is 0.120. The molecule has 2 atom stereocenters. The Morgan fingerprint density at radius 1 is 1.05 bits per heavy atom. The van der Waals surface area contributed by atoms with E-state index < -0.39 is 17.7 Å². The van der Waals surface area contributed by atoms with Crippen molar-refractivity contribution in [3.63, 3.8) is 0 Å². The molecule has 0 radical (unpaired) electrons. The van der Waals surface area contributed by atoms with Crippen molar-refractivity contribution in [1.82, 2.24) is 5.32 Å². The normalized spacial score (nSPS) is 14.0. The molecular formula is C16H17F2NO. The van der Waals surface area contributed by atoms with Crippen molar-refractivity contribution >= 4 is 0 Å². The number of nitrogens with one attached hydrogen (secondary N) is 1. The standard InChI is InChI=1S/C16H17F2NO/c1-11(13-8-5-9-14(17)16(13)18)19-15(10-20)12-6-3-2-4-7-12/h2-9,11,15,19-20H,10H2,1H3. The summed E-state index contributed by atoms with van der Waals surface area (Å²) in [6.07, 6.45) is 0. The fourth-order valence-corrected chi connectivity index (χ4v) is 2.19. The molecule has 0 aliphatic rings. The van der Waals surface area contributed by atoms with Gasteiger partial charge in [0, 0.05) is 11.6 Å². The van der Waals surface area contributed by atoms with E-state index in [-0.39, 0.29) is 18.2 Å². The molecule has 0 fully saturated rings. The van der Waals surface area contributed by atoms with Crippen LogP contribution in [0.15, 0.2) is 48.5 Å². The highest BCUT2D eigenvalue weighted by molar-refractivity contribution is 5.24. The molecule has 0 bridgehead atoms. The number of benzene rings is 2. The van der Waals surface area contributed by atoms with Gasteiger partial charge >= 0.3 is 0 Å². The number of hydrogen-bond acceptors (Lipinski definition) is 2. The zero-order valence-electron chi connectivity index (χ0n) is 11.2. The largest absolute Gasteiger partial charge is 0.394 e. The Morgan fingerprint density at radius 3 is 2.40 bits per heavy atom.